The molecule has 140 valence electrons. The molecule has 0 fully saturated rings. The van der Waals surface area contributed by atoms with Gasteiger partial charge in [-0.25, -0.2) is 9.67 Å². The monoisotopic (exact) mass is 448 g/mol. The predicted molar refractivity (Wildman–Crippen MR) is 107 cm³/mol. The third-order valence-corrected chi connectivity index (χ3v) is 4.86. The number of aromatic nitrogens is 3. The molecule has 0 bridgehead atoms. The Morgan fingerprint density at radius 2 is 1.96 bits per heavy atom. The molecule has 3 rings (SSSR count). The van der Waals surface area contributed by atoms with Crippen LogP contribution in [0.25, 0.3) is 5.69 Å². The van der Waals surface area contributed by atoms with Crippen LogP contribution in [-0.4, -0.2) is 26.8 Å². The Bertz CT molecular complexity index is 916. The lowest BCUT2D eigenvalue weighted by Crippen LogP contribution is -2.37. The van der Waals surface area contributed by atoms with Gasteiger partial charge in [0, 0.05) is 5.02 Å². The first kappa shape index (κ1) is 19.4. The van der Waals surface area contributed by atoms with E-state index in [0.717, 1.165) is 11.3 Å². The molecule has 0 aliphatic carbocycles. The average molecular weight is 450 g/mol. The normalized spacial score (nSPS) is 13.0. The van der Waals surface area contributed by atoms with E-state index in [4.69, 9.17) is 16.3 Å². The maximum Gasteiger partial charge on any atom is 0.261 e. The zero-order chi connectivity index (χ0) is 19.4. The first-order valence-electron chi connectivity index (χ1n) is 8.31. The fourth-order valence-electron chi connectivity index (χ4n) is 2.49. The molecule has 0 aliphatic rings. The van der Waals surface area contributed by atoms with Crippen LogP contribution in [0.4, 0.5) is 0 Å². The number of amides is 1. The fourth-order valence-corrected chi connectivity index (χ4v) is 3.26. The van der Waals surface area contributed by atoms with Crippen molar-refractivity contribution >= 4 is 33.4 Å². The van der Waals surface area contributed by atoms with Gasteiger partial charge in [-0.2, -0.15) is 5.10 Å². The average Bonchev–Trinajstić information content (AvgIpc) is 3.18. The van der Waals surface area contributed by atoms with E-state index in [1.807, 2.05) is 31.2 Å². The fraction of sp³-hybridized carbons (Fsp3) is 0.211. The molecule has 0 unspecified atom stereocenters. The second-order valence-electron chi connectivity index (χ2n) is 6.00. The minimum absolute atomic E-state index is 0.165. The van der Waals surface area contributed by atoms with Crippen LogP contribution >= 0.6 is 27.5 Å². The number of rotatable bonds is 6. The summed E-state index contributed by atoms with van der Waals surface area (Å²) in [6, 6.07) is 12.7. The first-order chi connectivity index (χ1) is 12.9. The molecule has 8 heteroatoms. The molecule has 0 spiro atoms. The minimum atomic E-state index is -0.653. The van der Waals surface area contributed by atoms with Gasteiger partial charge in [0.15, 0.2) is 6.10 Å². The zero-order valence-corrected chi connectivity index (χ0v) is 17.1. The lowest BCUT2D eigenvalue weighted by atomic mass is 10.1. The van der Waals surface area contributed by atoms with Gasteiger partial charge in [-0.1, -0.05) is 23.7 Å². The van der Waals surface area contributed by atoms with E-state index in [-0.39, 0.29) is 11.9 Å². The topological polar surface area (TPSA) is 69.0 Å². The van der Waals surface area contributed by atoms with Gasteiger partial charge in [-0.05, 0) is 65.7 Å². The zero-order valence-electron chi connectivity index (χ0n) is 14.8. The third kappa shape index (κ3) is 4.87. The Balaban J connectivity index is 1.61. The summed E-state index contributed by atoms with van der Waals surface area (Å²) in [6.45, 7) is 3.63. The van der Waals surface area contributed by atoms with Gasteiger partial charge in [0.2, 0.25) is 0 Å². The molecular formula is C19H18BrClN4O2. The quantitative estimate of drug-likeness (QED) is 0.608. The van der Waals surface area contributed by atoms with Gasteiger partial charge in [0.1, 0.15) is 18.4 Å². The molecule has 0 saturated carbocycles. The largest absolute Gasteiger partial charge is 0.480 e. The van der Waals surface area contributed by atoms with Gasteiger partial charge in [-0.15, -0.1) is 0 Å². The van der Waals surface area contributed by atoms with E-state index in [0.29, 0.717) is 15.2 Å². The van der Waals surface area contributed by atoms with E-state index >= 15 is 0 Å². The van der Waals surface area contributed by atoms with E-state index in [2.05, 4.69) is 31.3 Å². The summed E-state index contributed by atoms with van der Waals surface area (Å²) >= 11 is 9.31. The Labute approximate surface area is 170 Å². The van der Waals surface area contributed by atoms with Crippen molar-refractivity contribution in [2.45, 2.75) is 26.0 Å². The molecule has 0 radical (unpaired) electrons. The van der Waals surface area contributed by atoms with Crippen molar-refractivity contribution in [3.05, 3.63) is 70.2 Å². The highest BCUT2D eigenvalue weighted by Crippen LogP contribution is 2.28. The molecule has 6 nitrogen and oxygen atoms in total. The number of hydrogen-bond acceptors (Lipinski definition) is 4. The number of nitrogens with zero attached hydrogens (tertiary/aromatic N) is 3. The molecule has 27 heavy (non-hydrogen) atoms. The number of carbonyl (C=O) groups excluding carboxylic acids is 1. The highest BCUT2D eigenvalue weighted by Gasteiger charge is 2.19. The number of benzene rings is 2. The van der Waals surface area contributed by atoms with Crippen LogP contribution in [0.2, 0.25) is 5.02 Å². The summed E-state index contributed by atoms with van der Waals surface area (Å²) in [6.07, 6.45) is 2.46. The van der Waals surface area contributed by atoms with E-state index in [9.17, 15) is 4.79 Å². The Hall–Kier alpha value is -2.38. The number of nitrogens with one attached hydrogen (secondary N) is 1. The molecule has 3 aromatic rings. The summed E-state index contributed by atoms with van der Waals surface area (Å²) < 4.78 is 8.10. The molecule has 1 aromatic heterocycles. The molecule has 1 N–H and O–H groups in total. The molecule has 2 aromatic carbocycles. The van der Waals surface area contributed by atoms with Crippen molar-refractivity contribution in [2.24, 2.45) is 0 Å². The van der Waals surface area contributed by atoms with Gasteiger partial charge >= 0.3 is 0 Å². The minimum Gasteiger partial charge on any atom is -0.480 e. The summed E-state index contributed by atoms with van der Waals surface area (Å²) in [4.78, 5) is 16.4. The van der Waals surface area contributed by atoms with E-state index in [1.54, 1.807) is 36.1 Å². The van der Waals surface area contributed by atoms with Crippen molar-refractivity contribution in [3.63, 3.8) is 0 Å². The Morgan fingerprint density at radius 3 is 2.59 bits per heavy atom. The van der Waals surface area contributed by atoms with Gasteiger partial charge < -0.3 is 10.1 Å². The predicted octanol–water partition coefficient (Wildman–Crippen LogP) is 4.33. The smallest absolute Gasteiger partial charge is 0.261 e. The maximum absolute atomic E-state index is 12.5. The summed E-state index contributed by atoms with van der Waals surface area (Å²) in [5, 5.41) is 7.65. The van der Waals surface area contributed by atoms with E-state index < -0.39 is 6.10 Å². The van der Waals surface area contributed by atoms with Crippen LogP contribution in [0, 0.1) is 0 Å². The van der Waals surface area contributed by atoms with Crippen molar-refractivity contribution in [3.8, 4) is 11.4 Å². The van der Waals surface area contributed by atoms with Crippen LogP contribution in [0.5, 0.6) is 5.75 Å². The molecule has 1 amide bonds. The summed E-state index contributed by atoms with van der Waals surface area (Å²) in [5.41, 5.74) is 1.88. The van der Waals surface area contributed by atoms with Crippen molar-refractivity contribution in [1.82, 2.24) is 20.1 Å². The Kier molecular flexibility index (Phi) is 6.13. The first-order valence-corrected chi connectivity index (χ1v) is 9.48. The number of hydrogen-bond donors (Lipinski definition) is 1. The number of halogens is 2. The van der Waals surface area contributed by atoms with Crippen molar-refractivity contribution in [1.29, 1.82) is 0 Å². The van der Waals surface area contributed by atoms with Crippen LogP contribution in [-0.2, 0) is 4.79 Å². The van der Waals surface area contributed by atoms with Crippen LogP contribution in [0.1, 0.15) is 25.5 Å². The van der Waals surface area contributed by atoms with Crippen LogP contribution < -0.4 is 10.1 Å². The second-order valence-corrected chi connectivity index (χ2v) is 7.29. The highest BCUT2D eigenvalue weighted by atomic mass is 79.9. The molecule has 1 heterocycles. The summed E-state index contributed by atoms with van der Waals surface area (Å²) in [7, 11) is 0. The SMILES string of the molecule is C[C@@H](Oc1ccc(Cl)cc1Br)C(=O)N[C@H](C)c1ccc(-n2cncn2)cc1. The highest BCUT2D eigenvalue weighted by molar-refractivity contribution is 9.10. The standard InChI is InChI=1S/C19H18BrClN4O2/c1-12(14-3-6-16(7-4-14)25-11-22-10-23-25)24-19(26)13(2)27-18-8-5-15(21)9-17(18)20/h3-13H,1-2H3,(H,24,26)/t12-,13-/m1/s1. The molecular weight excluding hydrogens is 432 g/mol. The second kappa shape index (κ2) is 8.54. The van der Waals surface area contributed by atoms with Gasteiger partial charge in [0.05, 0.1) is 16.2 Å². The molecule has 2 atom stereocenters. The van der Waals surface area contributed by atoms with Crippen molar-refractivity contribution < 1.29 is 9.53 Å². The summed E-state index contributed by atoms with van der Waals surface area (Å²) in [5.74, 6) is 0.358. The van der Waals surface area contributed by atoms with Gasteiger partial charge in [-0.3, -0.25) is 4.79 Å². The van der Waals surface area contributed by atoms with Crippen LogP contribution in [0.15, 0.2) is 59.6 Å². The molecule has 0 saturated heterocycles. The Morgan fingerprint density at radius 1 is 1.22 bits per heavy atom. The number of carbonyl (C=O) groups is 1. The van der Waals surface area contributed by atoms with Crippen LogP contribution in [0.3, 0.4) is 0 Å². The number of ether oxygens (including phenoxy) is 1. The lowest BCUT2D eigenvalue weighted by Gasteiger charge is -2.20. The van der Waals surface area contributed by atoms with Gasteiger partial charge in [0.25, 0.3) is 5.91 Å². The lowest BCUT2D eigenvalue weighted by molar-refractivity contribution is -0.127. The van der Waals surface area contributed by atoms with E-state index in [1.165, 1.54) is 6.33 Å². The van der Waals surface area contributed by atoms with Crippen molar-refractivity contribution in [2.75, 3.05) is 0 Å². The third-order valence-electron chi connectivity index (χ3n) is 4.00. The molecule has 0 aliphatic heterocycles. The maximum atomic E-state index is 12.5.